The molecule has 0 spiro atoms. The van der Waals surface area contributed by atoms with E-state index in [-0.39, 0.29) is 12.7 Å². The van der Waals surface area contributed by atoms with Crippen LogP contribution in [0.5, 0.6) is 11.5 Å². The van der Waals surface area contributed by atoms with Crippen molar-refractivity contribution in [3.05, 3.63) is 89.5 Å². The third-order valence-electron chi connectivity index (χ3n) is 6.96. The van der Waals surface area contributed by atoms with Crippen LogP contribution in [0.4, 0.5) is 5.69 Å². The molecule has 0 aromatic heterocycles. The van der Waals surface area contributed by atoms with Crippen LogP contribution in [0.15, 0.2) is 72.8 Å². The lowest BCUT2D eigenvalue weighted by Crippen LogP contribution is -2.43. The molecule has 0 bridgehead atoms. The molecule has 0 radical (unpaired) electrons. The van der Waals surface area contributed by atoms with Crippen LogP contribution >= 0.6 is 0 Å². The molecule has 2 aliphatic heterocycles. The van der Waals surface area contributed by atoms with Crippen molar-refractivity contribution >= 4 is 11.6 Å². The maximum Gasteiger partial charge on any atom is 0.251 e. The maximum absolute atomic E-state index is 12.6. The zero-order valence-corrected chi connectivity index (χ0v) is 20.2. The van der Waals surface area contributed by atoms with Gasteiger partial charge in [-0.25, -0.2) is 0 Å². The largest absolute Gasteiger partial charge is 0.454 e. The molecule has 3 aromatic carbocycles. The molecule has 0 saturated carbocycles. The van der Waals surface area contributed by atoms with Crippen molar-refractivity contribution < 1.29 is 14.3 Å². The summed E-state index contributed by atoms with van der Waals surface area (Å²) >= 11 is 0. The summed E-state index contributed by atoms with van der Waals surface area (Å²) < 4.78 is 10.7. The molecule has 3 aromatic rings. The van der Waals surface area contributed by atoms with Crippen LogP contribution < -0.4 is 25.0 Å². The number of nitrogens with one attached hydrogen (secondary N) is 2. The number of ether oxygens (including phenoxy) is 2. The Labute approximate surface area is 207 Å². The topological polar surface area (TPSA) is 62.8 Å². The first-order valence-corrected chi connectivity index (χ1v) is 12.5. The summed E-state index contributed by atoms with van der Waals surface area (Å²) in [6.07, 6.45) is 2.25. The summed E-state index contributed by atoms with van der Waals surface area (Å²) in [6.45, 7) is 6.02. The fraction of sp³-hybridized carbons (Fsp3) is 0.345. The summed E-state index contributed by atoms with van der Waals surface area (Å²) in [4.78, 5) is 15.0. The smallest absolute Gasteiger partial charge is 0.251 e. The first-order valence-electron chi connectivity index (χ1n) is 12.5. The zero-order valence-electron chi connectivity index (χ0n) is 20.2. The van der Waals surface area contributed by atoms with Crippen LogP contribution in [0.3, 0.4) is 0 Å². The van der Waals surface area contributed by atoms with Gasteiger partial charge in [0.25, 0.3) is 5.91 Å². The highest BCUT2D eigenvalue weighted by molar-refractivity contribution is 5.94. The molecule has 1 fully saturated rings. The fourth-order valence-electron chi connectivity index (χ4n) is 4.74. The predicted octanol–water partition coefficient (Wildman–Crippen LogP) is 4.71. The first kappa shape index (κ1) is 23.2. The van der Waals surface area contributed by atoms with Crippen molar-refractivity contribution in [1.29, 1.82) is 0 Å². The van der Waals surface area contributed by atoms with Crippen molar-refractivity contribution in [2.24, 2.45) is 0 Å². The Hall–Kier alpha value is -3.51. The zero-order chi connectivity index (χ0) is 24.0. The van der Waals surface area contributed by atoms with Gasteiger partial charge < -0.3 is 25.0 Å². The lowest BCUT2D eigenvalue weighted by Gasteiger charge is -2.34. The van der Waals surface area contributed by atoms with Gasteiger partial charge in [-0.05, 0) is 66.3 Å². The minimum Gasteiger partial charge on any atom is -0.454 e. The molecule has 182 valence electrons. The lowest BCUT2D eigenvalue weighted by atomic mass is 9.99. The molecule has 1 saturated heterocycles. The number of hydrogen-bond acceptors (Lipinski definition) is 5. The summed E-state index contributed by atoms with van der Waals surface area (Å²) in [5, 5.41) is 6.75. The van der Waals surface area contributed by atoms with Gasteiger partial charge in [-0.2, -0.15) is 0 Å². The molecular weight excluding hydrogens is 438 g/mol. The van der Waals surface area contributed by atoms with Crippen molar-refractivity contribution in [1.82, 2.24) is 10.6 Å². The molecule has 1 amide bonds. The van der Waals surface area contributed by atoms with E-state index in [1.165, 1.54) is 11.3 Å². The predicted molar refractivity (Wildman–Crippen MR) is 138 cm³/mol. The number of rotatable bonds is 8. The van der Waals surface area contributed by atoms with Gasteiger partial charge in [0.05, 0.1) is 0 Å². The second-order valence-corrected chi connectivity index (χ2v) is 9.40. The van der Waals surface area contributed by atoms with Crippen molar-refractivity contribution in [2.75, 3.05) is 31.3 Å². The van der Waals surface area contributed by atoms with E-state index in [0.29, 0.717) is 24.1 Å². The number of amides is 1. The molecule has 1 atom stereocenters. The van der Waals surface area contributed by atoms with Gasteiger partial charge in [0.2, 0.25) is 6.79 Å². The average molecular weight is 472 g/mol. The van der Waals surface area contributed by atoms with E-state index in [1.54, 1.807) is 0 Å². The molecule has 35 heavy (non-hydrogen) atoms. The van der Waals surface area contributed by atoms with E-state index in [0.717, 1.165) is 49.5 Å². The quantitative estimate of drug-likeness (QED) is 0.498. The number of benzene rings is 3. The molecule has 0 aliphatic carbocycles. The SMILES string of the molecule is C[C@@H](CNC1CCN(c2ccc(C(=O)NCc3ccc4c(c3)OCO4)cc2)CC1)c1ccccc1. The summed E-state index contributed by atoms with van der Waals surface area (Å²) in [5.41, 5.74) is 4.21. The van der Waals surface area contributed by atoms with E-state index >= 15 is 0 Å². The number of carbonyl (C=O) groups is 1. The van der Waals surface area contributed by atoms with Crippen LogP contribution in [0.1, 0.15) is 47.2 Å². The van der Waals surface area contributed by atoms with Crippen molar-refractivity contribution in [3.8, 4) is 11.5 Å². The van der Waals surface area contributed by atoms with Crippen LogP contribution in [0, 0.1) is 0 Å². The van der Waals surface area contributed by atoms with Crippen LogP contribution in [-0.4, -0.2) is 38.4 Å². The van der Waals surface area contributed by atoms with Gasteiger partial charge in [-0.1, -0.05) is 43.3 Å². The molecule has 6 nitrogen and oxygen atoms in total. The minimum absolute atomic E-state index is 0.0790. The number of carbonyl (C=O) groups excluding carboxylic acids is 1. The Balaban J connectivity index is 1.07. The first-order chi connectivity index (χ1) is 17.2. The minimum atomic E-state index is -0.0790. The monoisotopic (exact) mass is 471 g/mol. The summed E-state index contributed by atoms with van der Waals surface area (Å²) in [5.74, 6) is 1.91. The Kier molecular flexibility index (Phi) is 7.19. The average Bonchev–Trinajstić information content (AvgIpc) is 3.39. The molecule has 2 aliphatic rings. The number of nitrogens with zero attached hydrogens (tertiary/aromatic N) is 1. The third kappa shape index (κ3) is 5.77. The third-order valence-corrected chi connectivity index (χ3v) is 6.96. The second-order valence-electron chi connectivity index (χ2n) is 9.40. The molecule has 6 heteroatoms. The standard InChI is InChI=1S/C29H33N3O3/c1-21(23-5-3-2-4-6-23)18-30-25-13-15-32(16-14-25)26-10-8-24(9-11-26)29(33)31-19-22-7-12-27-28(17-22)35-20-34-27/h2-12,17,21,25,30H,13-16,18-20H2,1H3,(H,31,33)/t21-/m0/s1. The lowest BCUT2D eigenvalue weighted by molar-refractivity contribution is 0.0951. The van der Waals surface area contributed by atoms with E-state index in [1.807, 2.05) is 30.3 Å². The Morgan fingerprint density at radius 2 is 1.71 bits per heavy atom. The number of fused-ring (bicyclic) bond motifs is 1. The highest BCUT2D eigenvalue weighted by atomic mass is 16.7. The van der Waals surface area contributed by atoms with Gasteiger partial charge in [-0.3, -0.25) is 4.79 Å². The fourth-order valence-corrected chi connectivity index (χ4v) is 4.74. The van der Waals surface area contributed by atoms with Gasteiger partial charge in [0.15, 0.2) is 11.5 Å². The Morgan fingerprint density at radius 3 is 2.49 bits per heavy atom. The summed E-state index contributed by atoms with van der Waals surface area (Å²) in [6, 6.07) is 24.9. The van der Waals surface area contributed by atoms with Crippen molar-refractivity contribution in [3.63, 3.8) is 0 Å². The second kappa shape index (κ2) is 10.8. The highest BCUT2D eigenvalue weighted by Crippen LogP contribution is 2.32. The molecule has 5 rings (SSSR count). The van der Waals surface area contributed by atoms with Crippen LogP contribution in [0.2, 0.25) is 0 Å². The normalized spacial score (nSPS) is 16.2. The molecule has 2 heterocycles. The van der Waals surface area contributed by atoms with E-state index in [2.05, 4.69) is 64.9 Å². The van der Waals surface area contributed by atoms with Gasteiger partial charge in [-0.15, -0.1) is 0 Å². The molecular formula is C29H33N3O3. The highest BCUT2D eigenvalue weighted by Gasteiger charge is 2.20. The number of hydrogen-bond donors (Lipinski definition) is 2. The van der Waals surface area contributed by atoms with Gasteiger partial charge in [0.1, 0.15) is 0 Å². The van der Waals surface area contributed by atoms with E-state index in [9.17, 15) is 4.79 Å². The molecule has 2 N–H and O–H groups in total. The number of piperidine rings is 1. The Bertz CT molecular complexity index is 1130. The van der Waals surface area contributed by atoms with Gasteiger partial charge in [0, 0.05) is 43.5 Å². The van der Waals surface area contributed by atoms with Crippen LogP contribution in [0.25, 0.3) is 0 Å². The van der Waals surface area contributed by atoms with E-state index < -0.39 is 0 Å². The Morgan fingerprint density at radius 1 is 0.971 bits per heavy atom. The maximum atomic E-state index is 12.6. The van der Waals surface area contributed by atoms with Crippen molar-refractivity contribution in [2.45, 2.75) is 38.3 Å². The summed E-state index contributed by atoms with van der Waals surface area (Å²) in [7, 11) is 0. The number of anilines is 1. The van der Waals surface area contributed by atoms with Crippen LogP contribution in [-0.2, 0) is 6.54 Å². The van der Waals surface area contributed by atoms with Gasteiger partial charge >= 0.3 is 0 Å². The van der Waals surface area contributed by atoms with E-state index in [4.69, 9.17) is 9.47 Å². The molecule has 0 unspecified atom stereocenters.